The number of carbonyl (C=O) groups excluding carboxylic acids is 1. The Morgan fingerprint density at radius 1 is 1.44 bits per heavy atom. The highest BCUT2D eigenvalue weighted by Crippen LogP contribution is 2.43. The highest BCUT2D eigenvalue weighted by molar-refractivity contribution is 8.00. The second kappa shape index (κ2) is 7.32. The molecule has 1 amide bonds. The van der Waals surface area contributed by atoms with E-state index in [1.54, 1.807) is 0 Å². The molecule has 10 nitrogen and oxygen atoms in total. The molecule has 3 rings (SSSR count). The molecule has 0 saturated carbocycles. The fourth-order valence-corrected chi connectivity index (χ4v) is 5.79. The monoisotopic (exact) mass is 415 g/mol. The standard InChI is InChI=1S/C15H21N5O5S2/c1-7(2)3-19-11(23)9(21)17-18-14(19)27-6-15(13(24)25)4-20-10(22)8(16)12(20)26-5-15/h7-8,12H,3-6,16H2,1-2H3,(H,17,21)(H,24,25)/t8?,12-,15?/m1/s1. The van der Waals surface area contributed by atoms with Crippen molar-refractivity contribution in [1.29, 1.82) is 0 Å². The first-order valence-corrected chi connectivity index (χ1v) is 10.4. The summed E-state index contributed by atoms with van der Waals surface area (Å²) in [6.07, 6.45) is 0. The van der Waals surface area contributed by atoms with E-state index in [2.05, 4.69) is 10.2 Å². The van der Waals surface area contributed by atoms with Gasteiger partial charge in [-0.3, -0.25) is 19.0 Å². The molecular formula is C15H21N5O5S2. The lowest BCUT2D eigenvalue weighted by atomic mass is 9.89. The molecular weight excluding hydrogens is 394 g/mol. The van der Waals surface area contributed by atoms with E-state index in [9.17, 15) is 24.6 Å². The third-order valence-corrected chi connectivity index (χ3v) is 7.43. The SMILES string of the molecule is CC(C)Cn1c(SCC2(C(=O)O)CS[C@@H]3C(N)C(=O)N3C2)nnc(O)c1=O. The van der Waals surface area contributed by atoms with E-state index in [-0.39, 0.29) is 34.7 Å². The lowest BCUT2D eigenvalue weighted by molar-refractivity contribution is -0.155. The number of carboxylic acids is 1. The minimum absolute atomic E-state index is 0.0689. The van der Waals surface area contributed by atoms with Gasteiger partial charge in [-0.15, -0.1) is 22.0 Å². The number of nitrogens with two attached hydrogens (primary N) is 1. The summed E-state index contributed by atoms with van der Waals surface area (Å²) in [7, 11) is 0. The van der Waals surface area contributed by atoms with Crippen molar-refractivity contribution in [3.8, 4) is 5.88 Å². The van der Waals surface area contributed by atoms with Crippen LogP contribution >= 0.6 is 23.5 Å². The molecule has 3 atom stereocenters. The molecule has 2 aliphatic rings. The van der Waals surface area contributed by atoms with E-state index in [4.69, 9.17) is 5.73 Å². The molecule has 2 unspecified atom stereocenters. The second-order valence-electron chi connectivity index (χ2n) is 7.18. The summed E-state index contributed by atoms with van der Waals surface area (Å²) in [4.78, 5) is 37.6. The lowest BCUT2D eigenvalue weighted by Crippen LogP contribution is -2.72. The summed E-state index contributed by atoms with van der Waals surface area (Å²) in [6, 6.07) is -0.575. The van der Waals surface area contributed by atoms with Gasteiger partial charge in [-0.2, -0.15) is 0 Å². The largest absolute Gasteiger partial charge is 0.488 e. The highest BCUT2D eigenvalue weighted by atomic mass is 32.2. The van der Waals surface area contributed by atoms with Crippen LogP contribution in [0.4, 0.5) is 0 Å². The average Bonchev–Trinajstić information content (AvgIpc) is 2.63. The van der Waals surface area contributed by atoms with Crippen molar-refractivity contribution in [2.24, 2.45) is 17.1 Å². The Morgan fingerprint density at radius 2 is 2.15 bits per heavy atom. The Morgan fingerprint density at radius 3 is 2.78 bits per heavy atom. The number of thioether (sulfide) groups is 2. The Kier molecular flexibility index (Phi) is 5.41. The highest BCUT2D eigenvalue weighted by Gasteiger charge is 2.55. The maximum Gasteiger partial charge on any atom is 0.316 e. The van der Waals surface area contributed by atoms with Crippen LogP contribution in [0.2, 0.25) is 0 Å². The van der Waals surface area contributed by atoms with Gasteiger partial charge in [-0.25, -0.2) is 0 Å². The molecule has 27 heavy (non-hydrogen) atoms. The quantitative estimate of drug-likeness (QED) is 0.406. The number of carbonyl (C=O) groups is 2. The number of aromatic nitrogens is 3. The number of nitrogens with zero attached hydrogens (tertiary/aromatic N) is 4. The summed E-state index contributed by atoms with van der Waals surface area (Å²) in [6.45, 7) is 4.21. The van der Waals surface area contributed by atoms with E-state index in [1.165, 1.54) is 21.2 Å². The maximum atomic E-state index is 12.2. The van der Waals surface area contributed by atoms with Crippen molar-refractivity contribution in [3.05, 3.63) is 10.4 Å². The molecule has 2 fully saturated rings. The van der Waals surface area contributed by atoms with Crippen LogP contribution < -0.4 is 11.3 Å². The van der Waals surface area contributed by atoms with Crippen LogP contribution in [0, 0.1) is 11.3 Å². The smallest absolute Gasteiger partial charge is 0.316 e. The summed E-state index contributed by atoms with van der Waals surface area (Å²) in [5.41, 5.74) is 3.92. The van der Waals surface area contributed by atoms with Crippen molar-refractivity contribution in [3.63, 3.8) is 0 Å². The summed E-state index contributed by atoms with van der Waals surface area (Å²) < 4.78 is 1.30. The van der Waals surface area contributed by atoms with E-state index in [1.807, 2.05) is 13.8 Å². The fraction of sp³-hybridized carbons (Fsp3) is 0.667. The molecule has 148 valence electrons. The molecule has 12 heteroatoms. The Hall–Kier alpha value is -1.79. The van der Waals surface area contributed by atoms with E-state index < -0.39 is 28.9 Å². The normalized spacial score (nSPS) is 27.4. The molecule has 2 aliphatic heterocycles. The number of fused-ring (bicyclic) bond motifs is 1. The summed E-state index contributed by atoms with van der Waals surface area (Å²) in [5.74, 6) is -1.42. The zero-order chi connectivity index (χ0) is 19.9. The summed E-state index contributed by atoms with van der Waals surface area (Å²) in [5, 5.41) is 26.8. The molecule has 0 bridgehead atoms. The molecule has 0 radical (unpaired) electrons. The van der Waals surface area contributed by atoms with Gasteiger partial charge in [-0.1, -0.05) is 25.6 Å². The van der Waals surface area contributed by atoms with Gasteiger partial charge < -0.3 is 20.8 Å². The van der Waals surface area contributed by atoms with Crippen molar-refractivity contribution >= 4 is 35.4 Å². The molecule has 1 aromatic rings. The van der Waals surface area contributed by atoms with Crippen LogP contribution in [0.25, 0.3) is 0 Å². The van der Waals surface area contributed by atoms with Gasteiger partial charge in [0.1, 0.15) is 16.8 Å². The van der Waals surface area contributed by atoms with Crippen molar-refractivity contribution in [2.45, 2.75) is 37.0 Å². The molecule has 0 aliphatic carbocycles. The zero-order valence-electron chi connectivity index (χ0n) is 14.9. The van der Waals surface area contributed by atoms with Gasteiger partial charge in [-0.05, 0) is 5.92 Å². The first-order valence-electron chi connectivity index (χ1n) is 8.36. The third kappa shape index (κ3) is 3.52. The molecule has 2 saturated heterocycles. The minimum atomic E-state index is -1.18. The zero-order valence-corrected chi connectivity index (χ0v) is 16.5. The summed E-state index contributed by atoms with van der Waals surface area (Å²) >= 11 is 2.45. The van der Waals surface area contributed by atoms with E-state index >= 15 is 0 Å². The van der Waals surface area contributed by atoms with E-state index in [0.717, 1.165) is 11.8 Å². The van der Waals surface area contributed by atoms with Crippen LogP contribution in [-0.2, 0) is 16.1 Å². The fourth-order valence-electron chi connectivity index (χ4n) is 3.04. The first kappa shape index (κ1) is 20.0. The van der Waals surface area contributed by atoms with Crippen molar-refractivity contribution in [1.82, 2.24) is 19.7 Å². The molecule has 0 aromatic carbocycles. The lowest BCUT2D eigenvalue weighted by Gasteiger charge is -2.52. The first-order chi connectivity index (χ1) is 12.7. The molecule has 3 heterocycles. The number of β-lactam (4-membered cyclic amide) rings is 1. The van der Waals surface area contributed by atoms with Crippen LogP contribution in [0.3, 0.4) is 0 Å². The van der Waals surface area contributed by atoms with Crippen molar-refractivity contribution in [2.75, 3.05) is 18.1 Å². The number of carboxylic acid groups (broad SMARTS) is 1. The number of aromatic hydroxyl groups is 1. The number of rotatable bonds is 6. The van der Waals surface area contributed by atoms with Gasteiger partial charge in [0.15, 0.2) is 5.16 Å². The number of amides is 1. The maximum absolute atomic E-state index is 12.2. The predicted octanol–water partition coefficient (Wildman–Crippen LogP) is -0.595. The molecule has 1 aromatic heterocycles. The average molecular weight is 415 g/mol. The van der Waals surface area contributed by atoms with Gasteiger partial charge >= 0.3 is 11.5 Å². The van der Waals surface area contributed by atoms with Gasteiger partial charge in [0.25, 0.3) is 5.88 Å². The number of aliphatic carboxylic acids is 1. The van der Waals surface area contributed by atoms with Gasteiger partial charge in [0.05, 0.1) is 0 Å². The van der Waals surface area contributed by atoms with Gasteiger partial charge in [0, 0.05) is 24.6 Å². The Labute approximate surface area is 163 Å². The van der Waals surface area contributed by atoms with Crippen LogP contribution in [0.15, 0.2) is 9.95 Å². The van der Waals surface area contributed by atoms with Gasteiger partial charge in [0.2, 0.25) is 5.91 Å². The predicted molar refractivity (Wildman–Crippen MR) is 99.5 cm³/mol. The Bertz CT molecular complexity index is 831. The van der Waals surface area contributed by atoms with Crippen LogP contribution in [0.5, 0.6) is 5.88 Å². The van der Waals surface area contributed by atoms with E-state index in [0.29, 0.717) is 12.3 Å². The Balaban J connectivity index is 1.82. The van der Waals surface area contributed by atoms with Crippen LogP contribution in [-0.4, -0.2) is 71.2 Å². The molecule has 0 spiro atoms. The topological polar surface area (TPSA) is 152 Å². The van der Waals surface area contributed by atoms with Crippen LogP contribution in [0.1, 0.15) is 13.8 Å². The second-order valence-corrected chi connectivity index (χ2v) is 9.23. The number of hydrogen-bond acceptors (Lipinski definition) is 9. The minimum Gasteiger partial charge on any atom is -0.488 e. The van der Waals surface area contributed by atoms with Crippen molar-refractivity contribution < 1.29 is 19.8 Å². The number of hydrogen-bond donors (Lipinski definition) is 3. The molecule has 4 N–H and O–H groups in total. The third-order valence-electron chi connectivity index (χ3n) is 4.56.